The summed E-state index contributed by atoms with van der Waals surface area (Å²) in [5.74, 6) is 0.525. The number of rotatable bonds is 5. The van der Waals surface area contributed by atoms with Crippen LogP contribution in [0.3, 0.4) is 0 Å². The van der Waals surface area contributed by atoms with Crippen LogP contribution in [0.1, 0.15) is 36.1 Å². The van der Waals surface area contributed by atoms with Gasteiger partial charge >= 0.3 is 0 Å². The molecule has 126 valence electrons. The minimum absolute atomic E-state index is 0.0560. The summed E-state index contributed by atoms with van der Waals surface area (Å²) in [5, 5.41) is 0.981. The van der Waals surface area contributed by atoms with Crippen LogP contribution in [0.25, 0.3) is 11.1 Å². The number of nitrogens with zero attached hydrogens (tertiary/aromatic N) is 1. The first-order valence-electron chi connectivity index (χ1n) is 7.94. The lowest BCUT2D eigenvalue weighted by atomic mass is 10.0. The summed E-state index contributed by atoms with van der Waals surface area (Å²) in [6.45, 7) is 4.05. The number of aryl methyl sites for hydroxylation is 4. The van der Waals surface area contributed by atoms with E-state index in [1.807, 2.05) is 13.0 Å². The summed E-state index contributed by atoms with van der Waals surface area (Å²) in [5.41, 5.74) is 3.84. The van der Waals surface area contributed by atoms with Gasteiger partial charge in [-0.15, -0.1) is 0 Å². The molecule has 2 heterocycles. The Hall–Kier alpha value is -1.78. The van der Waals surface area contributed by atoms with Gasteiger partial charge in [-0.1, -0.05) is 36.5 Å². The molecule has 0 aliphatic carbocycles. The Morgan fingerprint density at radius 1 is 1.12 bits per heavy atom. The lowest BCUT2D eigenvalue weighted by molar-refractivity contribution is 0.528. The van der Waals surface area contributed by atoms with Gasteiger partial charge in [-0.2, -0.15) is 0 Å². The summed E-state index contributed by atoms with van der Waals surface area (Å²) in [6.07, 6.45) is 3.05. The molecule has 0 amide bonds. The highest BCUT2D eigenvalue weighted by Gasteiger charge is 2.13. The van der Waals surface area contributed by atoms with Crippen molar-refractivity contribution in [3.8, 4) is 0 Å². The van der Waals surface area contributed by atoms with Crippen molar-refractivity contribution in [2.75, 3.05) is 0 Å². The van der Waals surface area contributed by atoms with E-state index < -0.39 is 0 Å². The predicted molar refractivity (Wildman–Crippen MR) is 97.2 cm³/mol. The molecular weight excluding hydrogens is 347 g/mol. The number of benzene rings is 1. The Morgan fingerprint density at radius 2 is 1.88 bits per heavy atom. The number of fused-ring (bicyclic) bond motifs is 1. The van der Waals surface area contributed by atoms with Gasteiger partial charge in [0.2, 0.25) is 0 Å². The molecule has 0 atom stereocenters. The van der Waals surface area contributed by atoms with E-state index in [9.17, 15) is 4.79 Å². The maximum atomic E-state index is 12.1. The molecule has 0 bridgehead atoms. The van der Waals surface area contributed by atoms with Crippen molar-refractivity contribution in [2.45, 2.75) is 39.5 Å². The molecule has 0 spiro atoms. The monoisotopic (exact) mass is 364 g/mol. The van der Waals surface area contributed by atoms with Crippen LogP contribution in [-0.2, 0) is 19.3 Å². The largest absolute Gasteiger partial charge is 0.439 e. The van der Waals surface area contributed by atoms with Crippen molar-refractivity contribution < 1.29 is 4.42 Å². The number of nitrogens with one attached hydrogen (secondary N) is 1. The fraction of sp³-hybridized carbons (Fsp3) is 0.333. The van der Waals surface area contributed by atoms with Crippen molar-refractivity contribution >= 4 is 34.3 Å². The first-order chi connectivity index (χ1) is 11.5. The molecule has 3 rings (SSSR count). The summed E-state index contributed by atoms with van der Waals surface area (Å²) in [4.78, 5) is 19.5. The molecule has 0 fully saturated rings. The molecular formula is C18H18Cl2N2O2. The van der Waals surface area contributed by atoms with Crippen molar-refractivity contribution in [1.29, 1.82) is 0 Å². The van der Waals surface area contributed by atoms with Crippen molar-refractivity contribution in [3.63, 3.8) is 0 Å². The molecule has 0 unspecified atom stereocenters. The van der Waals surface area contributed by atoms with Gasteiger partial charge in [-0.05, 0) is 43.5 Å². The standard InChI is InChI=1S/C18H18Cl2N2O2/c1-3-4-11-9-12(18(23)21-10(11)2)5-8-15-22-16-13(19)6-7-14(20)17(16)24-15/h6-7,9H,3-5,8H2,1-2H3,(H,21,23). The van der Waals surface area contributed by atoms with E-state index in [0.717, 1.165) is 24.1 Å². The first kappa shape index (κ1) is 17.1. The Balaban J connectivity index is 1.86. The highest BCUT2D eigenvalue weighted by Crippen LogP contribution is 2.30. The number of hydrogen-bond acceptors (Lipinski definition) is 3. The van der Waals surface area contributed by atoms with Crippen LogP contribution >= 0.6 is 23.2 Å². The van der Waals surface area contributed by atoms with Crippen LogP contribution in [0.15, 0.2) is 27.4 Å². The van der Waals surface area contributed by atoms with Crippen LogP contribution in [0.2, 0.25) is 10.0 Å². The number of hydrogen-bond donors (Lipinski definition) is 1. The van der Waals surface area contributed by atoms with Crippen LogP contribution in [0, 0.1) is 6.92 Å². The zero-order valence-electron chi connectivity index (χ0n) is 13.6. The lowest BCUT2D eigenvalue weighted by Crippen LogP contribution is -2.16. The van der Waals surface area contributed by atoms with E-state index in [0.29, 0.717) is 39.9 Å². The van der Waals surface area contributed by atoms with E-state index in [4.69, 9.17) is 27.6 Å². The van der Waals surface area contributed by atoms with E-state index in [1.165, 1.54) is 5.56 Å². The van der Waals surface area contributed by atoms with Crippen molar-refractivity contribution in [3.05, 3.63) is 61.3 Å². The molecule has 2 aromatic heterocycles. The summed E-state index contributed by atoms with van der Waals surface area (Å²) in [6, 6.07) is 5.36. The maximum absolute atomic E-state index is 12.1. The second kappa shape index (κ2) is 6.99. The minimum Gasteiger partial charge on any atom is -0.439 e. The number of pyridine rings is 1. The number of oxazole rings is 1. The van der Waals surface area contributed by atoms with Gasteiger partial charge in [0.05, 0.1) is 10.0 Å². The molecule has 1 N–H and O–H groups in total. The van der Waals surface area contributed by atoms with Crippen LogP contribution in [0.4, 0.5) is 0 Å². The van der Waals surface area contributed by atoms with Gasteiger partial charge in [-0.25, -0.2) is 4.98 Å². The molecule has 24 heavy (non-hydrogen) atoms. The number of aromatic amines is 1. The fourth-order valence-corrected chi connectivity index (χ4v) is 3.15. The predicted octanol–water partition coefficient (Wildman–Crippen LogP) is 4.87. The molecule has 0 aliphatic rings. The van der Waals surface area contributed by atoms with E-state index in [1.54, 1.807) is 12.1 Å². The SMILES string of the molecule is CCCc1cc(CCc2nc3c(Cl)ccc(Cl)c3o2)c(=O)[nH]c1C. The smallest absolute Gasteiger partial charge is 0.251 e. The zero-order valence-corrected chi connectivity index (χ0v) is 15.1. The number of aromatic nitrogens is 2. The maximum Gasteiger partial charge on any atom is 0.251 e. The van der Waals surface area contributed by atoms with Gasteiger partial charge in [0.1, 0.15) is 5.52 Å². The quantitative estimate of drug-likeness (QED) is 0.702. The van der Waals surface area contributed by atoms with E-state index in [2.05, 4.69) is 16.9 Å². The van der Waals surface area contributed by atoms with Crippen molar-refractivity contribution in [1.82, 2.24) is 9.97 Å². The average Bonchev–Trinajstić information content (AvgIpc) is 2.98. The molecule has 4 nitrogen and oxygen atoms in total. The Morgan fingerprint density at radius 3 is 2.58 bits per heavy atom. The second-order valence-corrected chi connectivity index (χ2v) is 6.65. The topological polar surface area (TPSA) is 58.9 Å². The number of H-pyrrole nitrogens is 1. The van der Waals surface area contributed by atoms with E-state index in [-0.39, 0.29) is 5.56 Å². The lowest BCUT2D eigenvalue weighted by Gasteiger charge is -2.07. The van der Waals surface area contributed by atoms with Gasteiger partial charge in [0.15, 0.2) is 11.5 Å². The van der Waals surface area contributed by atoms with Crippen molar-refractivity contribution in [2.24, 2.45) is 0 Å². The zero-order chi connectivity index (χ0) is 17.3. The molecule has 1 aromatic carbocycles. The third kappa shape index (κ3) is 3.35. The highest BCUT2D eigenvalue weighted by molar-refractivity contribution is 6.39. The Bertz CT molecular complexity index is 905. The third-order valence-corrected chi connectivity index (χ3v) is 4.64. The molecule has 0 aliphatic heterocycles. The Kier molecular flexibility index (Phi) is 4.97. The summed E-state index contributed by atoms with van der Waals surface area (Å²) < 4.78 is 5.70. The number of halogens is 2. The third-order valence-electron chi connectivity index (χ3n) is 4.04. The summed E-state index contributed by atoms with van der Waals surface area (Å²) >= 11 is 12.2. The summed E-state index contributed by atoms with van der Waals surface area (Å²) in [7, 11) is 0. The Labute approximate surface area is 149 Å². The van der Waals surface area contributed by atoms with Crippen LogP contribution < -0.4 is 5.56 Å². The highest BCUT2D eigenvalue weighted by atomic mass is 35.5. The molecule has 3 aromatic rings. The molecule has 0 saturated heterocycles. The molecule has 0 saturated carbocycles. The van der Waals surface area contributed by atoms with E-state index >= 15 is 0 Å². The second-order valence-electron chi connectivity index (χ2n) is 5.84. The van der Waals surface area contributed by atoms with Crippen LogP contribution in [0.5, 0.6) is 0 Å². The fourth-order valence-electron chi connectivity index (χ4n) is 2.77. The van der Waals surface area contributed by atoms with Gasteiger partial charge in [0.25, 0.3) is 5.56 Å². The first-order valence-corrected chi connectivity index (χ1v) is 8.70. The molecule has 0 radical (unpaired) electrons. The molecule has 6 heteroatoms. The normalized spacial score (nSPS) is 11.3. The average molecular weight is 365 g/mol. The van der Waals surface area contributed by atoms with Gasteiger partial charge in [-0.3, -0.25) is 4.79 Å². The van der Waals surface area contributed by atoms with Gasteiger partial charge in [0, 0.05) is 17.7 Å². The van der Waals surface area contributed by atoms with Crippen LogP contribution in [-0.4, -0.2) is 9.97 Å². The minimum atomic E-state index is -0.0560. The van der Waals surface area contributed by atoms with Gasteiger partial charge < -0.3 is 9.40 Å².